The number of carbonyl (C=O) groups excluding carboxylic acids is 1. The van der Waals surface area contributed by atoms with Gasteiger partial charge in [0.15, 0.2) is 0 Å². The smallest absolute Gasteiger partial charge is 0.326 e. The van der Waals surface area contributed by atoms with E-state index in [9.17, 15) is 19.1 Å². The van der Waals surface area contributed by atoms with E-state index < -0.39 is 23.7 Å². The standard InChI is InChI=1S/C17H13FN2O3/c18-14-3-1-2-13(9-14)16(21)20-15(17(22)23)8-11-4-6-12(10-19)7-5-11/h1-7,9,15H,8H2,(H,20,21)(H,22,23)/t15-/m1/s1. The molecule has 0 spiro atoms. The van der Waals surface area contributed by atoms with E-state index in [1.807, 2.05) is 6.07 Å². The highest BCUT2D eigenvalue weighted by molar-refractivity contribution is 5.96. The third-order valence-electron chi connectivity index (χ3n) is 3.21. The molecule has 0 saturated carbocycles. The van der Waals surface area contributed by atoms with Crippen LogP contribution in [-0.2, 0) is 11.2 Å². The second-order valence-corrected chi connectivity index (χ2v) is 4.89. The molecule has 2 N–H and O–H groups in total. The largest absolute Gasteiger partial charge is 0.480 e. The Hall–Kier alpha value is -3.20. The topological polar surface area (TPSA) is 90.2 Å². The van der Waals surface area contributed by atoms with E-state index >= 15 is 0 Å². The van der Waals surface area contributed by atoms with Crippen LogP contribution in [0, 0.1) is 17.1 Å². The number of benzene rings is 2. The van der Waals surface area contributed by atoms with E-state index in [1.54, 1.807) is 24.3 Å². The van der Waals surface area contributed by atoms with Gasteiger partial charge in [-0.15, -0.1) is 0 Å². The molecule has 0 aliphatic heterocycles. The summed E-state index contributed by atoms with van der Waals surface area (Å²) in [6.45, 7) is 0. The molecule has 2 aromatic rings. The summed E-state index contributed by atoms with van der Waals surface area (Å²) >= 11 is 0. The minimum atomic E-state index is -1.20. The number of hydrogen-bond donors (Lipinski definition) is 2. The predicted octanol–water partition coefficient (Wildman–Crippen LogP) is 2.12. The van der Waals surface area contributed by atoms with Gasteiger partial charge in [-0.05, 0) is 35.9 Å². The predicted molar refractivity (Wildman–Crippen MR) is 80.2 cm³/mol. The summed E-state index contributed by atoms with van der Waals surface area (Å²) in [6, 6.07) is 12.2. The monoisotopic (exact) mass is 312 g/mol. The molecule has 6 heteroatoms. The van der Waals surface area contributed by atoms with Crippen molar-refractivity contribution in [2.24, 2.45) is 0 Å². The Bertz CT molecular complexity index is 766. The summed E-state index contributed by atoms with van der Waals surface area (Å²) in [5.41, 5.74) is 1.18. The lowest BCUT2D eigenvalue weighted by Crippen LogP contribution is -2.42. The van der Waals surface area contributed by atoms with E-state index in [4.69, 9.17) is 5.26 Å². The molecule has 0 aromatic heterocycles. The van der Waals surface area contributed by atoms with Crippen molar-refractivity contribution in [2.45, 2.75) is 12.5 Å². The summed E-state index contributed by atoms with van der Waals surface area (Å²) in [6.07, 6.45) is 0.0576. The zero-order valence-electron chi connectivity index (χ0n) is 12.0. The van der Waals surface area contributed by atoms with Gasteiger partial charge in [0.05, 0.1) is 11.6 Å². The van der Waals surface area contributed by atoms with Gasteiger partial charge in [-0.1, -0.05) is 18.2 Å². The number of carbonyl (C=O) groups is 2. The third-order valence-corrected chi connectivity index (χ3v) is 3.21. The van der Waals surface area contributed by atoms with E-state index in [0.717, 1.165) is 6.07 Å². The van der Waals surface area contributed by atoms with Crippen molar-refractivity contribution in [1.82, 2.24) is 5.32 Å². The van der Waals surface area contributed by atoms with Crippen molar-refractivity contribution in [3.8, 4) is 6.07 Å². The van der Waals surface area contributed by atoms with Gasteiger partial charge in [-0.25, -0.2) is 9.18 Å². The van der Waals surface area contributed by atoms with Gasteiger partial charge >= 0.3 is 5.97 Å². The number of nitriles is 1. The number of amides is 1. The third kappa shape index (κ3) is 4.38. The summed E-state index contributed by atoms with van der Waals surface area (Å²) in [7, 11) is 0. The van der Waals surface area contributed by atoms with E-state index in [2.05, 4.69) is 5.32 Å². The second kappa shape index (κ2) is 7.18. The van der Waals surface area contributed by atoms with Crippen molar-refractivity contribution in [2.75, 3.05) is 0 Å². The number of aliphatic carboxylic acids is 1. The van der Waals surface area contributed by atoms with Gasteiger partial charge in [0, 0.05) is 12.0 Å². The molecule has 0 aliphatic carbocycles. The maximum atomic E-state index is 13.1. The Morgan fingerprint density at radius 2 is 1.91 bits per heavy atom. The summed E-state index contributed by atoms with van der Waals surface area (Å²) in [5.74, 6) is -2.43. The molecule has 1 atom stereocenters. The first-order chi connectivity index (χ1) is 11.0. The normalized spacial score (nSPS) is 11.3. The molecule has 0 bridgehead atoms. The van der Waals surface area contributed by atoms with Crippen LogP contribution >= 0.6 is 0 Å². The first kappa shape index (κ1) is 16.2. The average molecular weight is 312 g/mol. The van der Waals surface area contributed by atoms with Crippen LogP contribution in [-0.4, -0.2) is 23.0 Å². The van der Waals surface area contributed by atoms with Crippen molar-refractivity contribution in [3.05, 3.63) is 71.0 Å². The zero-order chi connectivity index (χ0) is 16.8. The van der Waals surface area contributed by atoms with Crippen LogP contribution in [0.5, 0.6) is 0 Å². The van der Waals surface area contributed by atoms with Gasteiger partial charge in [-0.2, -0.15) is 5.26 Å². The molecule has 116 valence electrons. The molecule has 23 heavy (non-hydrogen) atoms. The molecular formula is C17H13FN2O3. The molecule has 0 aliphatic rings. The molecule has 0 saturated heterocycles. The SMILES string of the molecule is N#Cc1ccc(C[C@@H](NC(=O)c2cccc(F)c2)C(=O)O)cc1. The van der Waals surface area contributed by atoms with Crippen LogP contribution in [0.2, 0.25) is 0 Å². The van der Waals surface area contributed by atoms with Crippen molar-refractivity contribution in [3.63, 3.8) is 0 Å². The highest BCUT2D eigenvalue weighted by Crippen LogP contribution is 2.08. The van der Waals surface area contributed by atoms with Crippen molar-refractivity contribution < 1.29 is 19.1 Å². The maximum Gasteiger partial charge on any atom is 0.326 e. The van der Waals surface area contributed by atoms with E-state index in [1.165, 1.54) is 18.2 Å². The molecule has 0 unspecified atom stereocenters. The van der Waals surface area contributed by atoms with Crippen LogP contribution in [0.4, 0.5) is 4.39 Å². The number of nitrogens with zero attached hydrogens (tertiary/aromatic N) is 1. The lowest BCUT2D eigenvalue weighted by molar-refractivity contribution is -0.139. The molecule has 0 radical (unpaired) electrons. The van der Waals surface area contributed by atoms with E-state index in [-0.39, 0.29) is 12.0 Å². The van der Waals surface area contributed by atoms with Crippen LogP contribution in [0.15, 0.2) is 48.5 Å². The van der Waals surface area contributed by atoms with Crippen molar-refractivity contribution in [1.29, 1.82) is 5.26 Å². The van der Waals surface area contributed by atoms with Gasteiger partial charge in [0.1, 0.15) is 11.9 Å². The number of rotatable bonds is 5. The Kier molecular flexibility index (Phi) is 5.05. The molecular weight excluding hydrogens is 299 g/mol. The van der Waals surface area contributed by atoms with Crippen LogP contribution < -0.4 is 5.32 Å². The van der Waals surface area contributed by atoms with Gasteiger partial charge in [0.25, 0.3) is 5.91 Å². The lowest BCUT2D eigenvalue weighted by atomic mass is 10.0. The fraction of sp³-hybridized carbons (Fsp3) is 0.118. The molecule has 1 amide bonds. The number of halogens is 1. The number of carboxylic acids is 1. The Morgan fingerprint density at radius 1 is 1.22 bits per heavy atom. The Balaban J connectivity index is 2.10. The second-order valence-electron chi connectivity index (χ2n) is 4.89. The highest BCUT2D eigenvalue weighted by atomic mass is 19.1. The zero-order valence-corrected chi connectivity index (χ0v) is 12.0. The average Bonchev–Trinajstić information content (AvgIpc) is 2.54. The van der Waals surface area contributed by atoms with Crippen molar-refractivity contribution >= 4 is 11.9 Å². The highest BCUT2D eigenvalue weighted by Gasteiger charge is 2.21. The van der Waals surface area contributed by atoms with Gasteiger partial charge < -0.3 is 10.4 Å². The molecule has 2 rings (SSSR count). The maximum absolute atomic E-state index is 13.1. The number of carboxylic acid groups (broad SMARTS) is 1. The summed E-state index contributed by atoms with van der Waals surface area (Å²) in [5, 5.41) is 20.3. The number of hydrogen-bond acceptors (Lipinski definition) is 3. The van der Waals surface area contributed by atoms with Gasteiger partial charge in [-0.3, -0.25) is 4.79 Å². The van der Waals surface area contributed by atoms with Crippen LogP contribution in [0.25, 0.3) is 0 Å². The minimum absolute atomic E-state index is 0.0519. The lowest BCUT2D eigenvalue weighted by Gasteiger charge is -2.15. The first-order valence-electron chi connectivity index (χ1n) is 6.78. The summed E-state index contributed by atoms with van der Waals surface area (Å²) in [4.78, 5) is 23.3. The molecule has 0 heterocycles. The Morgan fingerprint density at radius 3 is 2.48 bits per heavy atom. The molecule has 0 fully saturated rings. The Labute approximate surface area is 132 Å². The fourth-order valence-electron chi connectivity index (χ4n) is 2.02. The first-order valence-corrected chi connectivity index (χ1v) is 6.78. The summed E-state index contributed by atoms with van der Waals surface area (Å²) < 4.78 is 13.1. The molecule has 2 aromatic carbocycles. The van der Waals surface area contributed by atoms with Gasteiger partial charge in [0.2, 0.25) is 0 Å². The number of nitrogens with one attached hydrogen (secondary N) is 1. The molecule has 5 nitrogen and oxygen atoms in total. The quantitative estimate of drug-likeness (QED) is 0.885. The van der Waals surface area contributed by atoms with Crippen LogP contribution in [0.3, 0.4) is 0 Å². The fourth-order valence-corrected chi connectivity index (χ4v) is 2.02. The van der Waals surface area contributed by atoms with Crippen LogP contribution in [0.1, 0.15) is 21.5 Å². The van der Waals surface area contributed by atoms with E-state index in [0.29, 0.717) is 11.1 Å². The minimum Gasteiger partial charge on any atom is -0.480 e.